The minimum absolute atomic E-state index is 0.0316. The maximum Gasteiger partial charge on any atom is 0.272 e. The molecule has 2 aromatic rings. The summed E-state index contributed by atoms with van der Waals surface area (Å²) >= 11 is 0. The van der Waals surface area contributed by atoms with Gasteiger partial charge in [-0.2, -0.15) is 5.10 Å². The molecule has 7 nitrogen and oxygen atoms in total. The molecule has 0 aliphatic heterocycles. The van der Waals surface area contributed by atoms with E-state index in [0.717, 1.165) is 49.1 Å². The van der Waals surface area contributed by atoms with E-state index in [1.807, 2.05) is 32.0 Å². The first-order valence-electron chi connectivity index (χ1n) is 10.5. The van der Waals surface area contributed by atoms with Crippen molar-refractivity contribution in [3.8, 4) is 0 Å². The molecule has 2 aromatic heterocycles. The highest BCUT2D eigenvalue weighted by atomic mass is 16.2. The topological polar surface area (TPSA) is 99.8 Å². The molecule has 0 unspecified atom stereocenters. The zero-order chi connectivity index (χ0) is 20.8. The van der Waals surface area contributed by atoms with Gasteiger partial charge in [-0.3, -0.25) is 19.7 Å². The fourth-order valence-corrected chi connectivity index (χ4v) is 4.26. The first-order valence-corrected chi connectivity index (χ1v) is 10.5. The molecule has 7 heteroatoms. The molecule has 1 aliphatic rings. The Balaban J connectivity index is 1.53. The van der Waals surface area contributed by atoms with Crippen LogP contribution in [0, 0.1) is 18.8 Å². The number of hydrogen-bond donors (Lipinski definition) is 3. The lowest BCUT2D eigenvalue weighted by Gasteiger charge is -2.34. The van der Waals surface area contributed by atoms with Gasteiger partial charge < -0.3 is 10.6 Å². The Kier molecular flexibility index (Phi) is 7.01. The summed E-state index contributed by atoms with van der Waals surface area (Å²) in [5.74, 6) is 0.671. The Bertz CT molecular complexity index is 825. The fourth-order valence-electron chi connectivity index (χ4n) is 4.26. The van der Waals surface area contributed by atoms with Gasteiger partial charge in [-0.1, -0.05) is 13.0 Å². The Morgan fingerprint density at radius 2 is 2.00 bits per heavy atom. The minimum atomic E-state index is -0.106. The van der Waals surface area contributed by atoms with E-state index in [0.29, 0.717) is 24.1 Å². The summed E-state index contributed by atoms with van der Waals surface area (Å²) in [6.45, 7) is 6.19. The number of nitrogens with zero attached hydrogens (tertiary/aromatic N) is 2. The largest absolute Gasteiger partial charge is 0.350 e. The molecule has 2 heterocycles. The smallest absolute Gasteiger partial charge is 0.272 e. The van der Waals surface area contributed by atoms with Crippen LogP contribution in [0.3, 0.4) is 0 Å². The van der Waals surface area contributed by atoms with Crippen LogP contribution < -0.4 is 10.6 Å². The van der Waals surface area contributed by atoms with Crippen molar-refractivity contribution < 1.29 is 9.59 Å². The SMILES string of the molecule is CCc1[nH]nc(C(=O)NCC2CCC([C@H](NC(C)=O)c3ccccn3)CC2)c1C. The molecular weight excluding hydrogens is 366 g/mol. The van der Waals surface area contributed by atoms with Crippen LogP contribution in [-0.4, -0.2) is 33.5 Å². The lowest BCUT2D eigenvalue weighted by molar-refractivity contribution is -0.120. The molecule has 29 heavy (non-hydrogen) atoms. The minimum Gasteiger partial charge on any atom is -0.350 e. The zero-order valence-electron chi connectivity index (χ0n) is 17.5. The van der Waals surface area contributed by atoms with Crippen LogP contribution in [0.15, 0.2) is 24.4 Å². The molecule has 0 saturated heterocycles. The molecule has 0 spiro atoms. The molecular formula is C22H31N5O2. The Morgan fingerprint density at radius 1 is 1.24 bits per heavy atom. The van der Waals surface area contributed by atoms with E-state index in [1.165, 1.54) is 0 Å². The Hall–Kier alpha value is -2.70. The number of aromatic nitrogens is 3. The second-order valence-electron chi connectivity index (χ2n) is 7.95. The number of aromatic amines is 1. The highest BCUT2D eigenvalue weighted by Gasteiger charge is 2.30. The quantitative estimate of drug-likeness (QED) is 0.668. The lowest BCUT2D eigenvalue weighted by atomic mass is 9.77. The summed E-state index contributed by atoms with van der Waals surface area (Å²) in [6.07, 6.45) is 6.66. The van der Waals surface area contributed by atoms with Gasteiger partial charge in [0.25, 0.3) is 5.91 Å². The third kappa shape index (κ3) is 5.22. The second kappa shape index (κ2) is 9.67. The normalized spacial score (nSPS) is 20.1. The number of amides is 2. The van der Waals surface area contributed by atoms with Gasteiger partial charge in [0, 0.05) is 30.9 Å². The lowest BCUT2D eigenvalue weighted by Crippen LogP contribution is -2.36. The number of pyridine rings is 1. The van der Waals surface area contributed by atoms with Crippen LogP contribution in [0.2, 0.25) is 0 Å². The van der Waals surface area contributed by atoms with Gasteiger partial charge in [0.05, 0.1) is 11.7 Å². The third-order valence-corrected chi connectivity index (χ3v) is 5.96. The van der Waals surface area contributed by atoms with Crippen molar-refractivity contribution in [2.45, 2.75) is 58.9 Å². The van der Waals surface area contributed by atoms with Gasteiger partial charge in [-0.15, -0.1) is 0 Å². The Morgan fingerprint density at radius 3 is 2.59 bits per heavy atom. The van der Waals surface area contributed by atoms with Crippen molar-refractivity contribution in [2.24, 2.45) is 11.8 Å². The van der Waals surface area contributed by atoms with Gasteiger partial charge in [0.1, 0.15) is 0 Å². The molecule has 1 saturated carbocycles. The summed E-state index contributed by atoms with van der Waals surface area (Å²) in [4.78, 5) is 28.6. The molecule has 1 fully saturated rings. The van der Waals surface area contributed by atoms with Gasteiger partial charge in [-0.05, 0) is 63.0 Å². The molecule has 3 rings (SSSR count). The van der Waals surface area contributed by atoms with E-state index in [2.05, 4.69) is 25.8 Å². The summed E-state index contributed by atoms with van der Waals surface area (Å²) in [7, 11) is 0. The van der Waals surface area contributed by atoms with E-state index >= 15 is 0 Å². The first kappa shape index (κ1) is 21.0. The molecule has 3 N–H and O–H groups in total. The van der Waals surface area contributed by atoms with Crippen LogP contribution in [0.25, 0.3) is 0 Å². The number of H-pyrrole nitrogens is 1. The van der Waals surface area contributed by atoms with E-state index in [1.54, 1.807) is 13.1 Å². The van der Waals surface area contributed by atoms with E-state index in [4.69, 9.17) is 0 Å². The molecule has 0 aromatic carbocycles. The van der Waals surface area contributed by atoms with Crippen LogP contribution >= 0.6 is 0 Å². The van der Waals surface area contributed by atoms with Crippen molar-refractivity contribution in [1.82, 2.24) is 25.8 Å². The van der Waals surface area contributed by atoms with Crippen LogP contribution in [0.5, 0.6) is 0 Å². The maximum atomic E-state index is 12.5. The van der Waals surface area contributed by atoms with Crippen molar-refractivity contribution >= 4 is 11.8 Å². The van der Waals surface area contributed by atoms with Gasteiger partial charge >= 0.3 is 0 Å². The standard InChI is InChI=1S/C22H31N5O2/c1-4-18-14(2)20(27-26-18)22(29)24-13-16-8-10-17(11-9-16)21(25-15(3)28)19-7-5-6-12-23-19/h5-7,12,16-17,21H,4,8-11,13H2,1-3H3,(H,24,29)(H,25,28)(H,26,27)/t16?,17?,21-/m0/s1. The predicted molar refractivity (Wildman–Crippen MR) is 111 cm³/mol. The molecule has 1 aliphatic carbocycles. The van der Waals surface area contributed by atoms with Crippen LogP contribution in [-0.2, 0) is 11.2 Å². The van der Waals surface area contributed by atoms with Gasteiger partial charge in [0.2, 0.25) is 5.91 Å². The summed E-state index contributed by atoms with van der Waals surface area (Å²) < 4.78 is 0. The average Bonchev–Trinajstić information content (AvgIpc) is 3.11. The van der Waals surface area contributed by atoms with Crippen molar-refractivity contribution in [2.75, 3.05) is 6.54 Å². The van der Waals surface area contributed by atoms with Crippen molar-refractivity contribution in [1.29, 1.82) is 0 Å². The third-order valence-electron chi connectivity index (χ3n) is 5.96. The molecule has 1 atom stereocenters. The number of carbonyl (C=O) groups excluding carboxylic acids is 2. The maximum absolute atomic E-state index is 12.5. The van der Waals surface area contributed by atoms with Gasteiger partial charge in [-0.25, -0.2) is 0 Å². The summed E-state index contributed by atoms with van der Waals surface area (Å²) in [6, 6.07) is 5.77. The number of rotatable bonds is 7. The highest BCUT2D eigenvalue weighted by Crippen LogP contribution is 2.36. The number of nitrogens with one attached hydrogen (secondary N) is 3. The molecule has 0 bridgehead atoms. The van der Waals surface area contributed by atoms with Crippen molar-refractivity contribution in [3.63, 3.8) is 0 Å². The monoisotopic (exact) mass is 397 g/mol. The number of hydrogen-bond acceptors (Lipinski definition) is 4. The first-order chi connectivity index (χ1) is 14.0. The zero-order valence-corrected chi connectivity index (χ0v) is 17.5. The summed E-state index contributed by atoms with van der Waals surface area (Å²) in [5, 5.41) is 13.2. The number of aryl methyl sites for hydroxylation is 1. The van der Waals surface area contributed by atoms with Gasteiger partial charge in [0.15, 0.2) is 5.69 Å². The summed E-state index contributed by atoms with van der Waals surface area (Å²) in [5.41, 5.74) is 3.35. The second-order valence-corrected chi connectivity index (χ2v) is 7.95. The molecule has 0 radical (unpaired) electrons. The van der Waals surface area contributed by atoms with Crippen molar-refractivity contribution in [3.05, 3.63) is 47.0 Å². The Labute approximate surface area is 172 Å². The highest BCUT2D eigenvalue weighted by molar-refractivity contribution is 5.93. The van der Waals surface area contributed by atoms with E-state index in [-0.39, 0.29) is 17.9 Å². The number of carbonyl (C=O) groups is 2. The average molecular weight is 398 g/mol. The van der Waals surface area contributed by atoms with E-state index < -0.39 is 0 Å². The molecule has 2 amide bonds. The predicted octanol–water partition coefficient (Wildman–Crippen LogP) is 3.09. The van der Waals surface area contributed by atoms with E-state index in [9.17, 15) is 9.59 Å². The van der Waals surface area contributed by atoms with Crippen LogP contribution in [0.4, 0.5) is 0 Å². The van der Waals surface area contributed by atoms with Crippen LogP contribution in [0.1, 0.15) is 73.0 Å². The fraction of sp³-hybridized carbons (Fsp3) is 0.545. The molecule has 156 valence electrons.